The number of hydrogen-bond acceptors (Lipinski definition) is 5. The average molecular weight is 289 g/mol. The van der Waals surface area contributed by atoms with E-state index < -0.39 is 24.0 Å². The van der Waals surface area contributed by atoms with Gasteiger partial charge in [-0.05, 0) is 12.8 Å². The molecule has 1 aliphatic rings. The highest BCUT2D eigenvalue weighted by Gasteiger charge is 2.21. The molecule has 4 N–H and O–H groups in total. The van der Waals surface area contributed by atoms with Crippen molar-refractivity contribution in [3.05, 3.63) is 0 Å². The number of urea groups is 1. The first kappa shape index (κ1) is 16.2. The maximum absolute atomic E-state index is 11.6. The summed E-state index contributed by atoms with van der Waals surface area (Å²) in [5.74, 6) is -2.18. The fraction of sp³-hybridized carbons (Fsp3) is 0.727. The molecule has 1 saturated heterocycles. The maximum Gasteiger partial charge on any atom is 0.330 e. The van der Waals surface area contributed by atoms with Gasteiger partial charge in [0, 0.05) is 19.5 Å². The molecule has 9 nitrogen and oxygen atoms in total. The van der Waals surface area contributed by atoms with E-state index in [2.05, 4.69) is 10.7 Å². The number of carbonyl (C=O) groups is 3. The fourth-order valence-corrected chi connectivity index (χ4v) is 1.72. The summed E-state index contributed by atoms with van der Waals surface area (Å²) in [5.41, 5.74) is 2.53. The van der Waals surface area contributed by atoms with Crippen molar-refractivity contribution < 1.29 is 29.3 Å². The largest absolute Gasteiger partial charge is 0.481 e. The van der Waals surface area contributed by atoms with E-state index in [-0.39, 0.29) is 19.3 Å². The summed E-state index contributed by atoms with van der Waals surface area (Å²) in [4.78, 5) is 33.0. The van der Waals surface area contributed by atoms with Gasteiger partial charge in [-0.15, -0.1) is 0 Å². The van der Waals surface area contributed by atoms with Gasteiger partial charge in [-0.25, -0.2) is 14.6 Å². The van der Waals surface area contributed by atoms with E-state index in [1.165, 1.54) is 0 Å². The van der Waals surface area contributed by atoms with Crippen LogP contribution in [0.4, 0.5) is 4.79 Å². The Balaban J connectivity index is 2.33. The SMILES string of the molecule is O=C(O)CCC[C@@H](NC(=O)NN1CCOCC1)C(=O)O. The van der Waals surface area contributed by atoms with Gasteiger partial charge in [-0.2, -0.15) is 0 Å². The summed E-state index contributed by atoms with van der Waals surface area (Å²) < 4.78 is 5.11. The molecule has 1 atom stereocenters. The van der Waals surface area contributed by atoms with Crippen molar-refractivity contribution in [2.24, 2.45) is 0 Å². The van der Waals surface area contributed by atoms with Crippen LogP contribution in [-0.2, 0) is 14.3 Å². The first-order chi connectivity index (χ1) is 9.49. The summed E-state index contributed by atoms with van der Waals surface area (Å²) in [6.07, 6.45) is 0.124. The topological polar surface area (TPSA) is 128 Å². The van der Waals surface area contributed by atoms with Crippen LogP contribution in [0.3, 0.4) is 0 Å². The molecule has 0 aliphatic carbocycles. The highest BCUT2D eigenvalue weighted by Crippen LogP contribution is 2.02. The highest BCUT2D eigenvalue weighted by molar-refractivity contribution is 5.82. The van der Waals surface area contributed by atoms with Crippen LogP contribution in [0, 0.1) is 0 Å². The molecule has 0 bridgehead atoms. The minimum absolute atomic E-state index is 0.0676. The van der Waals surface area contributed by atoms with Gasteiger partial charge in [0.2, 0.25) is 0 Å². The molecule has 0 aromatic rings. The van der Waals surface area contributed by atoms with Crippen LogP contribution < -0.4 is 10.7 Å². The lowest BCUT2D eigenvalue weighted by atomic mass is 10.1. The number of carboxylic acid groups (broad SMARTS) is 2. The van der Waals surface area contributed by atoms with Crippen LogP contribution in [0.1, 0.15) is 19.3 Å². The fourth-order valence-electron chi connectivity index (χ4n) is 1.72. The van der Waals surface area contributed by atoms with E-state index in [0.717, 1.165) is 0 Å². The van der Waals surface area contributed by atoms with Crippen LogP contribution in [0.5, 0.6) is 0 Å². The van der Waals surface area contributed by atoms with Crippen molar-refractivity contribution in [3.8, 4) is 0 Å². The zero-order valence-electron chi connectivity index (χ0n) is 11.0. The first-order valence-corrected chi connectivity index (χ1v) is 6.33. The highest BCUT2D eigenvalue weighted by atomic mass is 16.5. The molecule has 1 fully saturated rings. The van der Waals surface area contributed by atoms with Gasteiger partial charge in [-0.1, -0.05) is 0 Å². The van der Waals surface area contributed by atoms with Crippen LogP contribution in [-0.4, -0.2) is 65.5 Å². The second-order valence-corrected chi connectivity index (χ2v) is 4.36. The molecule has 1 aliphatic heterocycles. The average Bonchev–Trinajstić information content (AvgIpc) is 2.38. The minimum Gasteiger partial charge on any atom is -0.481 e. The van der Waals surface area contributed by atoms with Crippen LogP contribution in [0.25, 0.3) is 0 Å². The maximum atomic E-state index is 11.6. The Bertz CT molecular complexity index is 356. The molecule has 1 rings (SSSR count). The summed E-state index contributed by atoms with van der Waals surface area (Å²) in [6.45, 7) is 2.07. The van der Waals surface area contributed by atoms with Gasteiger partial charge in [0.05, 0.1) is 13.2 Å². The summed E-state index contributed by atoms with van der Waals surface area (Å²) in [6, 6.07) is -1.72. The van der Waals surface area contributed by atoms with Gasteiger partial charge in [0.15, 0.2) is 0 Å². The van der Waals surface area contributed by atoms with Crippen LogP contribution in [0.15, 0.2) is 0 Å². The third kappa shape index (κ3) is 6.34. The van der Waals surface area contributed by atoms with Gasteiger partial charge in [-0.3, -0.25) is 10.2 Å². The van der Waals surface area contributed by atoms with E-state index in [0.29, 0.717) is 26.3 Å². The van der Waals surface area contributed by atoms with Gasteiger partial charge >= 0.3 is 18.0 Å². The lowest BCUT2D eigenvalue weighted by molar-refractivity contribution is -0.140. The Labute approximate surface area is 115 Å². The molecule has 20 heavy (non-hydrogen) atoms. The Kier molecular flexibility index (Phi) is 6.74. The number of hydrogen-bond donors (Lipinski definition) is 4. The molecule has 0 aromatic heterocycles. The zero-order valence-corrected chi connectivity index (χ0v) is 11.0. The third-order valence-electron chi connectivity index (χ3n) is 2.76. The number of nitrogens with zero attached hydrogens (tertiary/aromatic N) is 1. The number of rotatable bonds is 7. The van der Waals surface area contributed by atoms with Crippen molar-refractivity contribution in [1.29, 1.82) is 0 Å². The molecule has 0 unspecified atom stereocenters. The van der Waals surface area contributed by atoms with E-state index in [1.807, 2.05) is 0 Å². The number of morpholine rings is 1. The van der Waals surface area contributed by atoms with Gasteiger partial charge in [0.1, 0.15) is 6.04 Å². The molecule has 0 spiro atoms. The van der Waals surface area contributed by atoms with Crippen molar-refractivity contribution in [2.75, 3.05) is 26.3 Å². The monoisotopic (exact) mass is 289 g/mol. The Morgan fingerprint density at radius 1 is 1.20 bits per heavy atom. The lowest BCUT2D eigenvalue weighted by Crippen LogP contribution is -2.54. The molecule has 2 amide bonds. The summed E-state index contributed by atoms with van der Waals surface area (Å²) in [7, 11) is 0. The minimum atomic E-state index is -1.19. The predicted octanol–water partition coefficient (Wildman–Crippen LogP) is -0.759. The number of nitrogens with one attached hydrogen (secondary N) is 2. The third-order valence-corrected chi connectivity index (χ3v) is 2.76. The number of aliphatic carboxylic acids is 2. The van der Waals surface area contributed by atoms with E-state index in [9.17, 15) is 14.4 Å². The molecule has 0 radical (unpaired) electrons. The number of hydrazine groups is 1. The first-order valence-electron chi connectivity index (χ1n) is 6.33. The number of amides is 2. The molecule has 9 heteroatoms. The normalized spacial score (nSPS) is 17.2. The second kappa shape index (κ2) is 8.33. The molecule has 0 saturated carbocycles. The quantitative estimate of drug-likeness (QED) is 0.485. The molecule has 114 valence electrons. The molecule has 0 aromatic carbocycles. The zero-order chi connectivity index (χ0) is 15.0. The Morgan fingerprint density at radius 2 is 1.85 bits per heavy atom. The molecule has 1 heterocycles. The lowest BCUT2D eigenvalue weighted by Gasteiger charge is -2.27. The smallest absolute Gasteiger partial charge is 0.330 e. The molecular formula is C11H19N3O6. The second-order valence-electron chi connectivity index (χ2n) is 4.36. The van der Waals surface area contributed by atoms with Crippen molar-refractivity contribution in [1.82, 2.24) is 15.8 Å². The number of ether oxygens (including phenoxy) is 1. The molecular weight excluding hydrogens is 270 g/mol. The standard InChI is InChI=1S/C11H19N3O6/c15-9(16)3-1-2-8(10(17)18)12-11(19)13-14-4-6-20-7-5-14/h8H,1-7H2,(H,15,16)(H,17,18)(H2,12,13,19)/t8-/m1/s1. The van der Waals surface area contributed by atoms with Gasteiger partial charge in [0.25, 0.3) is 0 Å². The summed E-state index contributed by atoms with van der Waals surface area (Å²) >= 11 is 0. The Hall–Kier alpha value is -1.87. The predicted molar refractivity (Wildman–Crippen MR) is 67.0 cm³/mol. The van der Waals surface area contributed by atoms with Crippen molar-refractivity contribution in [3.63, 3.8) is 0 Å². The number of carbonyl (C=O) groups excluding carboxylic acids is 1. The van der Waals surface area contributed by atoms with E-state index in [1.54, 1.807) is 5.01 Å². The van der Waals surface area contributed by atoms with Crippen LogP contribution in [0.2, 0.25) is 0 Å². The van der Waals surface area contributed by atoms with E-state index in [4.69, 9.17) is 14.9 Å². The van der Waals surface area contributed by atoms with Crippen molar-refractivity contribution >= 4 is 18.0 Å². The van der Waals surface area contributed by atoms with Crippen LogP contribution >= 0.6 is 0 Å². The number of carboxylic acids is 2. The summed E-state index contributed by atoms with van der Waals surface area (Å²) in [5, 5.41) is 21.4. The van der Waals surface area contributed by atoms with E-state index >= 15 is 0 Å². The van der Waals surface area contributed by atoms with Gasteiger partial charge < -0.3 is 20.3 Å². The Morgan fingerprint density at radius 3 is 2.40 bits per heavy atom. The van der Waals surface area contributed by atoms with Crippen molar-refractivity contribution in [2.45, 2.75) is 25.3 Å².